The van der Waals surface area contributed by atoms with Gasteiger partial charge in [-0.2, -0.15) is 5.10 Å². The van der Waals surface area contributed by atoms with Gasteiger partial charge in [0.1, 0.15) is 0 Å². The molecule has 0 atom stereocenters. The third-order valence-corrected chi connectivity index (χ3v) is 2.82. The standard InChI is InChI=1S/C13H14ClN3O/c1-2-17-9-10(8-16-17)7-15-13(18)11-3-5-12(14)6-4-11/h3-6,8-9H,2,7H2,1H3,(H,15,18). The molecule has 2 aromatic rings. The highest BCUT2D eigenvalue weighted by molar-refractivity contribution is 6.30. The summed E-state index contributed by atoms with van der Waals surface area (Å²) >= 11 is 5.77. The molecule has 0 bridgehead atoms. The summed E-state index contributed by atoms with van der Waals surface area (Å²) in [5.74, 6) is -0.115. The van der Waals surface area contributed by atoms with Crippen LogP contribution in [0.25, 0.3) is 0 Å². The van der Waals surface area contributed by atoms with Crippen molar-refractivity contribution in [3.63, 3.8) is 0 Å². The van der Waals surface area contributed by atoms with Crippen LogP contribution in [0.15, 0.2) is 36.7 Å². The third kappa shape index (κ3) is 3.11. The molecule has 1 aromatic heterocycles. The van der Waals surface area contributed by atoms with Crippen molar-refractivity contribution in [1.29, 1.82) is 0 Å². The van der Waals surface area contributed by atoms with Crippen molar-refractivity contribution in [1.82, 2.24) is 15.1 Å². The number of nitrogens with zero attached hydrogens (tertiary/aromatic N) is 2. The Morgan fingerprint density at radius 1 is 1.39 bits per heavy atom. The van der Waals surface area contributed by atoms with Crippen LogP contribution in [-0.2, 0) is 13.1 Å². The number of carbonyl (C=O) groups is 1. The van der Waals surface area contributed by atoms with Gasteiger partial charge in [0.05, 0.1) is 6.20 Å². The van der Waals surface area contributed by atoms with Gasteiger partial charge in [-0.25, -0.2) is 0 Å². The molecule has 94 valence electrons. The minimum absolute atomic E-state index is 0.115. The number of halogens is 1. The lowest BCUT2D eigenvalue weighted by molar-refractivity contribution is 0.0951. The number of hydrogen-bond donors (Lipinski definition) is 1. The summed E-state index contributed by atoms with van der Waals surface area (Å²) in [6, 6.07) is 6.80. The van der Waals surface area contributed by atoms with E-state index in [0.717, 1.165) is 12.1 Å². The zero-order chi connectivity index (χ0) is 13.0. The molecule has 0 saturated heterocycles. The molecule has 0 saturated carbocycles. The maximum absolute atomic E-state index is 11.8. The number of nitrogens with one attached hydrogen (secondary N) is 1. The van der Waals surface area contributed by atoms with Gasteiger partial charge in [-0.05, 0) is 31.2 Å². The molecule has 1 heterocycles. The molecule has 1 N–H and O–H groups in total. The van der Waals surface area contributed by atoms with Crippen LogP contribution in [-0.4, -0.2) is 15.7 Å². The summed E-state index contributed by atoms with van der Waals surface area (Å²) in [4.78, 5) is 11.8. The topological polar surface area (TPSA) is 46.9 Å². The molecule has 0 aliphatic heterocycles. The van der Waals surface area contributed by atoms with E-state index in [1.54, 1.807) is 30.5 Å². The predicted octanol–water partition coefficient (Wildman–Crippen LogP) is 2.49. The van der Waals surface area contributed by atoms with Gasteiger partial charge in [0.2, 0.25) is 0 Å². The fourth-order valence-corrected chi connectivity index (χ4v) is 1.68. The van der Waals surface area contributed by atoms with Crippen molar-refractivity contribution >= 4 is 17.5 Å². The highest BCUT2D eigenvalue weighted by Gasteiger charge is 2.05. The minimum Gasteiger partial charge on any atom is -0.348 e. The first kappa shape index (κ1) is 12.6. The second-order valence-corrected chi connectivity index (χ2v) is 4.33. The van der Waals surface area contributed by atoms with Gasteiger partial charge in [-0.3, -0.25) is 9.48 Å². The van der Waals surface area contributed by atoms with Crippen LogP contribution in [0.5, 0.6) is 0 Å². The van der Waals surface area contributed by atoms with Crippen LogP contribution < -0.4 is 5.32 Å². The lowest BCUT2D eigenvalue weighted by Gasteiger charge is -2.03. The molecular formula is C13H14ClN3O. The normalized spacial score (nSPS) is 10.3. The lowest BCUT2D eigenvalue weighted by Crippen LogP contribution is -2.22. The highest BCUT2D eigenvalue weighted by atomic mass is 35.5. The Balaban J connectivity index is 1.93. The smallest absolute Gasteiger partial charge is 0.251 e. The van der Waals surface area contributed by atoms with Gasteiger partial charge in [-0.1, -0.05) is 11.6 Å². The fraction of sp³-hybridized carbons (Fsp3) is 0.231. The molecule has 1 amide bonds. The van der Waals surface area contributed by atoms with Crippen LogP contribution in [0.1, 0.15) is 22.8 Å². The highest BCUT2D eigenvalue weighted by Crippen LogP contribution is 2.09. The molecule has 0 aliphatic rings. The van der Waals surface area contributed by atoms with Crippen molar-refractivity contribution in [2.24, 2.45) is 0 Å². The summed E-state index contributed by atoms with van der Waals surface area (Å²) < 4.78 is 1.82. The Kier molecular flexibility index (Phi) is 3.99. The Morgan fingerprint density at radius 2 is 2.11 bits per heavy atom. The monoisotopic (exact) mass is 263 g/mol. The molecule has 0 aliphatic carbocycles. The SMILES string of the molecule is CCn1cc(CNC(=O)c2ccc(Cl)cc2)cn1. The fourth-order valence-electron chi connectivity index (χ4n) is 1.56. The summed E-state index contributed by atoms with van der Waals surface area (Å²) in [6.45, 7) is 3.32. The van der Waals surface area contributed by atoms with Gasteiger partial charge in [0.15, 0.2) is 0 Å². The first-order chi connectivity index (χ1) is 8.69. The summed E-state index contributed by atoms with van der Waals surface area (Å²) in [7, 11) is 0. The van der Waals surface area contributed by atoms with Crippen molar-refractivity contribution in [2.75, 3.05) is 0 Å². The van der Waals surface area contributed by atoms with Gasteiger partial charge in [0.25, 0.3) is 5.91 Å². The molecule has 5 heteroatoms. The molecule has 18 heavy (non-hydrogen) atoms. The Bertz CT molecular complexity index is 533. The number of amides is 1. The first-order valence-corrected chi connectivity index (χ1v) is 6.12. The number of benzene rings is 1. The molecular weight excluding hydrogens is 250 g/mol. The molecule has 0 radical (unpaired) electrons. The average molecular weight is 264 g/mol. The van der Waals surface area contributed by atoms with E-state index in [4.69, 9.17) is 11.6 Å². The lowest BCUT2D eigenvalue weighted by atomic mass is 10.2. The van der Waals surface area contributed by atoms with E-state index >= 15 is 0 Å². The summed E-state index contributed by atoms with van der Waals surface area (Å²) in [5.41, 5.74) is 1.58. The maximum atomic E-state index is 11.8. The molecule has 0 spiro atoms. The number of carbonyl (C=O) groups excluding carboxylic acids is 1. The number of hydrogen-bond acceptors (Lipinski definition) is 2. The van der Waals surface area contributed by atoms with Crippen molar-refractivity contribution < 1.29 is 4.79 Å². The molecule has 2 rings (SSSR count). The predicted molar refractivity (Wildman–Crippen MR) is 70.5 cm³/mol. The Morgan fingerprint density at radius 3 is 2.72 bits per heavy atom. The number of aryl methyl sites for hydroxylation is 1. The Hall–Kier alpha value is -1.81. The second-order valence-electron chi connectivity index (χ2n) is 3.89. The van der Waals surface area contributed by atoms with E-state index in [0.29, 0.717) is 17.1 Å². The average Bonchev–Trinajstić information content (AvgIpc) is 2.85. The largest absolute Gasteiger partial charge is 0.348 e. The van der Waals surface area contributed by atoms with E-state index < -0.39 is 0 Å². The summed E-state index contributed by atoms with van der Waals surface area (Å²) in [5, 5.41) is 7.60. The quantitative estimate of drug-likeness (QED) is 0.921. The molecule has 1 aromatic carbocycles. The van der Waals surface area contributed by atoms with Gasteiger partial charge in [-0.15, -0.1) is 0 Å². The van der Waals surface area contributed by atoms with E-state index in [1.807, 2.05) is 17.8 Å². The van der Waals surface area contributed by atoms with Crippen LogP contribution in [0.4, 0.5) is 0 Å². The number of aromatic nitrogens is 2. The summed E-state index contributed by atoms with van der Waals surface area (Å²) in [6.07, 6.45) is 3.67. The van der Waals surface area contributed by atoms with E-state index in [1.165, 1.54) is 0 Å². The van der Waals surface area contributed by atoms with E-state index in [9.17, 15) is 4.79 Å². The molecule has 4 nitrogen and oxygen atoms in total. The van der Waals surface area contributed by atoms with E-state index in [-0.39, 0.29) is 5.91 Å². The van der Waals surface area contributed by atoms with Crippen molar-refractivity contribution in [2.45, 2.75) is 20.0 Å². The van der Waals surface area contributed by atoms with Crippen LogP contribution in [0, 0.1) is 0 Å². The van der Waals surface area contributed by atoms with Gasteiger partial charge in [0, 0.05) is 35.4 Å². The molecule has 0 unspecified atom stereocenters. The van der Waals surface area contributed by atoms with E-state index in [2.05, 4.69) is 10.4 Å². The van der Waals surface area contributed by atoms with Crippen LogP contribution in [0.2, 0.25) is 5.02 Å². The Labute approximate surface area is 111 Å². The zero-order valence-corrected chi connectivity index (χ0v) is 10.8. The van der Waals surface area contributed by atoms with Crippen LogP contribution >= 0.6 is 11.6 Å². The first-order valence-electron chi connectivity index (χ1n) is 5.74. The number of rotatable bonds is 4. The van der Waals surface area contributed by atoms with Crippen LogP contribution in [0.3, 0.4) is 0 Å². The van der Waals surface area contributed by atoms with Gasteiger partial charge >= 0.3 is 0 Å². The van der Waals surface area contributed by atoms with Crippen molar-refractivity contribution in [3.8, 4) is 0 Å². The third-order valence-electron chi connectivity index (χ3n) is 2.57. The molecule has 0 fully saturated rings. The maximum Gasteiger partial charge on any atom is 0.251 e. The second kappa shape index (κ2) is 5.69. The van der Waals surface area contributed by atoms with Gasteiger partial charge < -0.3 is 5.32 Å². The van der Waals surface area contributed by atoms with Crippen molar-refractivity contribution in [3.05, 3.63) is 52.8 Å². The zero-order valence-electron chi connectivity index (χ0n) is 10.1. The minimum atomic E-state index is -0.115.